The third kappa shape index (κ3) is 3.02. The number of halogens is 2. The molecule has 0 radical (unpaired) electrons. The Hall–Kier alpha value is -1.92. The number of carbonyl (C=O) groups is 1. The highest BCUT2D eigenvalue weighted by Gasteiger charge is 2.18. The number of ether oxygens (including phenoxy) is 2. The highest BCUT2D eigenvalue weighted by Crippen LogP contribution is 2.20. The minimum absolute atomic E-state index is 0.0382. The molecular formula is C10H11F2NO4. The van der Waals surface area contributed by atoms with Gasteiger partial charge in [-0.2, -0.15) is 0 Å². The van der Waals surface area contributed by atoms with Crippen LogP contribution in [0.15, 0.2) is 10.9 Å². The van der Waals surface area contributed by atoms with Gasteiger partial charge in [0.05, 0.1) is 31.9 Å². The quantitative estimate of drug-likeness (QED) is 0.807. The molecule has 94 valence electrons. The molecule has 0 aliphatic rings. The molecule has 0 aliphatic carbocycles. The van der Waals surface area contributed by atoms with E-state index in [-0.39, 0.29) is 17.9 Å². The minimum atomic E-state index is -2.82. The van der Waals surface area contributed by atoms with Crippen LogP contribution in [0.3, 0.4) is 0 Å². The Kier molecular flexibility index (Phi) is 4.19. The van der Waals surface area contributed by atoms with Crippen LogP contribution in [0.5, 0.6) is 5.88 Å². The SMILES string of the molecule is COC(=O)Cc1c(OC)[nH]c(C(F)F)cc1=O. The molecule has 5 nitrogen and oxygen atoms in total. The van der Waals surface area contributed by atoms with E-state index in [1.807, 2.05) is 0 Å². The van der Waals surface area contributed by atoms with Gasteiger partial charge in [-0.05, 0) is 0 Å². The molecule has 1 aromatic heterocycles. The molecule has 17 heavy (non-hydrogen) atoms. The van der Waals surface area contributed by atoms with E-state index in [9.17, 15) is 18.4 Å². The number of carbonyl (C=O) groups excluding carboxylic acids is 1. The van der Waals surface area contributed by atoms with Crippen LogP contribution in [0, 0.1) is 0 Å². The summed E-state index contributed by atoms with van der Waals surface area (Å²) in [7, 11) is 2.37. The van der Waals surface area contributed by atoms with Crippen molar-refractivity contribution >= 4 is 5.97 Å². The number of pyridine rings is 1. The lowest BCUT2D eigenvalue weighted by atomic mass is 10.1. The molecule has 7 heteroatoms. The molecule has 0 atom stereocenters. The van der Waals surface area contributed by atoms with Crippen molar-refractivity contribution in [2.45, 2.75) is 12.8 Å². The molecule has 1 aromatic rings. The molecule has 1 N–H and O–H groups in total. The number of aromatic nitrogens is 1. The lowest BCUT2D eigenvalue weighted by Crippen LogP contribution is -2.18. The van der Waals surface area contributed by atoms with E-state index in [0.29, 0.717) is 0 Å². The van der Waals surface area contributed by atoms with E-state index < -0.39 is 23.5 Å². The van der Waals surface area contributed by atoms with Crippen LogP contribution in [0.4, 0.5) is 8.78 Å². The largest absolute Gasteiger partial charge is 0.482 e. The monoisotopic (exact) mass is 247 g/mol. The molecule has 0 saturated heterocycles. The van der Waals surface area contributed by atoms with E-state index in [2.05, 4.69) is 9.72 Å². The first-order valence-electron chi connectivity index (χ1n) is 4.64. The van der Waals surface area contributed by atoms with Gasteiger partial charge < -0.3 is 14.5 Å². The standard InChI is InChI=1S/C10H11F2NO4/c1-16-8(15)3-5-7(14)4-6(9(11)12)13-10(5)17-2/h4,9H,3H2,1-2H3,(H,13,14). The van der Waals surface area contributed by atoms with Gasteiger partial charge in [-0.15, -0.1) is 0 Å². The second-order valence-corrected chi connectivity index (χ2v) is 3.15. The van der Waals surface area contributed by atoms with E-state index in [1.54, 1.807) is 0 Å². The highest BCUT2D eigenvalue weighted by molar-refractivity contribution is 5.73. The number of rotatable bonds is 4. The van der Waals surface area contributed by atoms with Crippen molar-refractivity contribution in [2.24, 2.45) is 0 Å². The zero-order valence-corrected chi connectivity index (χ0v) is 9.25. The Labute approximate surface area is 95.4 Å². The number of hydrogen-bond donors (Lipinski definition) is 1. The number of alkyl halides is 2. The number of aromatic amines is 1. The van der Waals surface area contributed by atoms with Crippen LogP contribution in [0.1, 0.15) is 17.7 Å². The number of nitrogens with one attached hydrogen (secondary N) is 1. The van der Waals surface area contributed by atoms with E-state index in [0.717, 1.165) is 13.2 Å². The Bertz CT molecular complexity index is 470. The average molecular weight is 247 g/mol. The maximum Gasteiger partial charge on any atom is 0.310 e. The molecule has 0 amide bonds. The summed E-state index contributed by atoms with van der Waals surface area (Å²) in [5.74, 6) is -0.809. The molecule has 0 saturated carbocycles. The summed E-state index contributed by atoms with van der Waals surface area (Å²) in [4.78, 5) is 24.8. The molecule has 0 fully saturated rings. The van der Waals surface area contributed by atoms with Gasteiger partial charge in [-0.3, -0.25) is 9.59 Å². The molecule has 0 aliphatic heterocycles. The Balaban J connectivity index is 3.21. The van der Waals surface area contributed by atoms with Crippen LogP contribution in [-0.2, 0) is 16.0 Å². The van der Waals surface area contributed by atoms with Crippen molar-refractivity contribution in [2.75, 3.05) is 14.2 Å². The minimum Gasteiger partial charge on any atom is -0.482 e. The third-order valence-corrected chi connectivity index (χ3v) is 2.10. The van der Waals surface area contributed by atoms with Crippen LogP contribution in [-0.4, -0.2) is 25.2 Å². The van der Waals surface area contributed by atoms with Crippen molar-refractivity contribution in [3.05, 3.63) is 27.5 Å². The van der Waals surface area contributed by atoms with Gasteiger partial charge in [0, 0.05) is 6.07 Å². The van der Waals surface area contributed by atoms with Gasteiger partial charge in [0.2, 0.25) is 0 Å². The number of methoxy groups -OCH3 is 2. The van der Waals surface area contributed by atoms with Crippen LogP contribution >= 0.6 is 0 Å². The van der Waals surface area contributed by atoms with Gasteiger partial charge in [-0.1, -0.05) is 0 Å². The second-order valence-electron chi connectivity index (χ2n) is 3.15. The zero-order valence-electron chi connectivity index (χ0n) is 9.25. The van der Waals surface area contributed by atoms with Crippen molar-refractivity contribution < 1.29 is 23.0 Å². The van der Waals surface area contributed by atoms with Gasteiger partial charge in [0.1, 0.15) is 0 Å². The summed E-state index contributed by atoms with van der Waals surface area (Å²) in [6.07, 6.45) is -3.15. The van der Waals surface area contributed by atoms with Gasteiger partial charge in [0.15, 0.2) is 11.3 Å². The summed E-state index contributed by atoms with van der Waals surface area (Å²) in [6.45, 7) is 0. The molecule has 0 aromatic carbocycles. The normalized spacial score (nSPS) is 10.4. The summed E-state index contributed by atoms with van der Waals surface area (Å²) in [5.41, 5.74) is -1.29. The summed E-state index contributed by atoms with van der Waals surface area (Å²) >= 11 is 0. The lowest BCUT2D eigenvalue weighted by Gasteiger charge is -2.09. The third-order valence-electron chi connectivity index (χ3n) is 2.10. The van der Waals surface area contributed by atoms with Gasteiger partial charge >= 0.3 is 5.97 Å². The zero-order chi connectivity index (χ0) is 13.0. The van der Waals surface area contributed by atoms with Gasteiger partial charge in [0.25, 0.3) is 6.43 Å². The number of H-pyrrole nitrogens is 1. The Morgan fingerprint density at radius 2 is 2.12 bits per heavy atom. The van der Waals surface area contributed by atoms with Crippen molar-refractivity contribution in [3.8, 4) is 5.88 Å². The molecule has 0 unspecified atom stereocenters. The van der Waals surface area contributed by atoms with Crippen molar-refractivity contribution in [1.29, 1.82) is 0 Å². The van der Waals surface area contributed by atoms with E-state index >= 15 is 0 Å². The first kappa shape index (κ1) is 13.1. The second kappa shape index (κ2) is 5.42. The predicted octanol–water partition coefficient (Wildman–Crippen LogP) is 1.04. The topological polar surface area (TPSA) is 68.4 Å². The van der Waals surface area contributed by atoms with E-state index in [4.69, 9.17) is 4.74 Å². The van der Waals surface area contributed by atoms with E-state index in [1.165, 1.54) is 7.11 Å². The first-order valence-corrected chi connectivity index (χ1v) is 4.64. The van der Waals surface area contributed by atoms with Crippen LogP contribution < -0.4 is 10.2 Å². The smallest absolute Gasteiger partial charge is 0.310 e. The van der Waals surface area contributed by atoms with Gasteiger partial charge in [-0.25, -0.2) is 8.78 Å². The maximum atomic E-state index is 12.4. The summed E-state index contributed by atoms with van der Waals surface area (Å²) < 4.78 is 34.0. The Morgan fingerprint density at radius 1 is 1.47 bits per heavy atom. The highest BCUT2D eigenvalue weighted by atomic mass is 19.3. The fourth-order valence-corrected chi connectivity index (χ4v) is 1.26. The summed E-state index contributed by atoms with van der Waals surface area (Å²) in [6, 6.07) is 0.742. The number of esters is 1. The number of hydrogen-bond acceptors (Lipinski definition) is 4. The molecular weight excluding hydrogens is 236 g/mol. The van der Waals surface area contributed by atoms with Crippen LogP contribution in [0.2, 0.25) is 0 Å². The fourth-order valence-electron chi connectivity index (χ4n) is 1.26. The average Bonchev–Trinajstić information content (AvgIpc) is 2.30. The molecule has 0 spiro atoms. The lowest BCUT2D eigenvalue weighted by molar-refractivity contribution is -0.139. The maximum absolute atomic E-state index is 12.4. The first-order chi connectivity index (χ1) is 7.99. The molecule has 1 rings (SSSR count). The predicted molar refractivity (Wildman–Crippen MR) is 54.3 cm³/mol. The van der Waals surface area contributed by atoms with Crippen molar-refractivity contribution in [3.63, 3.8) is 0 Å². The molecule has 1 heterocycles. The summed E-state index contributed by atoms with van der Waals surface area (Å²) in [5, 5.41) is 0. The molecule has 0 bridgehead atoms. The Morgan fingerprint density at radius 3 is 2.59 bits per heavy atom. The van der Waals surface area contributed by atoms with Crippen LogP contribution in [0.25, 0.3) is 0 Å². The fraction of sp³-hybridized carbons (Fsp3) is 0.400. The van der Waals surface area contributed by atoms with Crippen molar-refractivity contribution in [1.82, 2.24) is 4.98 Å².